The Bertz CT molecular complexity index is 726. The second kappa shape index (κ2) is 5.89. The van der Waals surface area contributed by atoms with Crippen LogP contribution in [-0.4, -0.2) is 18.5 Å². The maximum absolute atomic E-state index is 12.0. The molecule has 22 heavy (non-hydrogen) atoms. The van der Waals surface area contributed by atoms with Gasteiger partial charge in [-0.15, -0.1) is 0 Å². The third-order valence-corrected chi connectivity index (χ3v) is 3.40. The first-order chi connectivity index (χ1) is 10.7. The highest BCUT2D eigenvalue weighted by atomic mass is 16.6. The minimum Gasteiger partial charge on any atom is -0.462 e. The van der Waals surface area contributed by atoms with Gasteiger partial charge in [0.1, 0.15) is 0 Å². The third kappa shape index (κ3) is 2.53. The normalized spacial score (nSPS) is 15.9. The van der Waals surface area contributed by atoms with E-state index in [2.05, 4.69) is 5.32 Å². The van der Waals surface area contributed by atoms with Crippen molar-refractivity contribution in [2.24, 2.45) is 0 Å². The molecule has 0 saturated carbocycles. The topological polar surface area (TPSA) is 64.6 Å². The Hall–Kier alpha value is -2.82. The van der Waals surface area contributed by atoms with E-state index in [0.29, 0.717) is 23.4 Å². The van der Waals surface area contributed by atoms with Gasteiger partial charge in [0.2, 0.25) is 6.23 Å². The number of nitrogens with one attached hydrogen (secondary N) is 1. The zero-order valence-electron chi connectivity index (χ0n) is 12.0. The van der Waals surface area contributed by atoms with Crippen LogP contribution in [0.25, 0.3) is 0 Å². The van der Waals surface area contributed by atoms with E-state index < -0.39 is 12.2 Å². The van der Waals surface area contributed by atoms with Crippen molar-refractivity contribution in [2.75, 3.05) is 11.9 Å². The summed E-state index contributed by atoms with van der Waals surface area (Å²) < 4.78 is 10.4. The number of ether oxygens (including phenoxy) is 2. The average Bonchev–Trinajstić information content (AvgIpc) is 2.85. The van der Waals surface area contributed by atoms with Gasteiger partial charge in [-0.1, -0.05) is 30.3 Å². The van der Waals surface area contributed by atoms with Gasteiger partial charge in [0.05, 0.1) is 23.4 Å². The van der Waals surface area contributed by atoms with E-state index in [1.54, 1.807) is 43.3 Å². The summed E-state index contributed by atoms with van der Waals surface area (Å²) >= 11 is 0. The predicted molar refractivity (Wildman–Crippen MR) is 80.6 cm³/mol. The standard InChI is InChI=1S/C17H15NO4/c1-2-21-16(19)13-9-5-6-10-14(13)18-15-11-7-3-4-8-12(11)17(20)22-15/h3-10,15,18H,2H2,1H3/t15-/m0/s1. The number of para-hydroxylation sites is 1. The summed E-state index contributed by atoms with van der Waals surface area (Å²) in [5.41, 5.74) is 2.26. The van der Waals surface area contributed by atoms with Crippen molar-refractivity contribution in [3.8, 4) is 0 Å². The molecule has 112 valence electrons. The van der Waals surface area contributed by atoms with Gasteiger partial charge in [0.25, 0.3) is 0 Å². The molecule has 5 nitrogen and oxygen atoms in total. The lowest BCUT2D eigenvalue weighted by atomic mass is 10.1. The third-order valence-electron chi connectivity index (χ3n) is 3.40. The summed E-state index contributed by atoms with van der Waals surface area (Å²) in [7, 11) is 0. The molecule has 3 rings (SSSR count). The number of benzene rings is 2. The first-order valence-electron chi connectivity index (χ1n) is 7.03. The smallest absolute Gasteiger partial charge is 0.340 e. The maximum Gasteiger partial charge on any atom is 0.340 e. The van der Waals surface area contributed by atoms with Crippen molar-refractivity contribution in [2.45, 2.75) is 13.2 Å². The summed E-state index contributed by atoms with van der Waals surface area (Å²) in [6.45, 7) is 2.05. The average molecular weight is 297 g/mol. The van der Waals surface area contributed by atoms with Crippen molar-refractivity contribution in [1.29, 1.82) is 0 Å². The fraction of sp³-hybridized carbons (Fsp3) is 0.176. The number of esters is 2. The number of hydrogen-bond donors (Lipinski definition) is 1. The summed E-state index contributed by atoms with van der Waals surface area (Å²) in [4.78, 5) is 23.8. The maximum atomic E-state index is 12.0. The lowest BCUT2D eigenvalue weighted by molar-refractivity contribution is 0.0437. The molecule has 1 atom stereocenters. The Morgan fingerprint density at radius 1 is 1.18 bits per heavy atom. The van der Waals surface area contributed by atoms with Gasteiger partial charge >= 0.3 is 11.9 Å². The van der Waals surface area contributed by atoms with Crippen molar-refractivity contribution in [1.82, 2.24) is 0 Å². The Labute approximate surface area is 127 Å². The van der Waals surface area contributed by atoms with Crippen LogP contribution in [0, 0.1) is 0 Å². The van der Waals surface area contributed by atoms with Crippen LogP contribution in [0.1, 0.15) is 39.4 Å². The van der Waals surface area contributed by atoms with E-state index in [9.17, 15) is 9.59 Å². The summed E-state index contributed by atoms with van der Waals surface area (Å²) in [5.74, 6) is -0.787. The van der Waals surface area contributed by atoms with Crippen LogP contribution in [0.4, 0.5) is 5.69 Å². The van der Waals surface area contributed by atoms with Gasteiger partial charge in [-0.2, -0.15) is 0 Å². The van der Waals surface area contributed by atoms with Crippen molar-refractivity contribution in [3.63, 3.8) is 0 Å². The lowest BCUT2D eigenvalue weighted by Gasteiger charge is -2.16. The number of anilines is 1. The van der Waals surface area contributed by atoms with E-state index >= 15 is 0 Å². The highest BCUT2D eigenvalue weighted by Gasteiger charge is 2.31. The van der Waals surface area contributed by atoms with E-state index in [1.165, 1.54) is 0 Å². The number of fused-ring (bicyclic) bond motifs is 1. The fourth-order valence-electron chi connectivity index (χ4n) is 2.39. The molecule has 0 amide bonds. The molecule has 1 aliphatic rings. The Morgan fingerprint density at radius 2 is 1.91 bits per heavy atom. The molecule has 0 unspecified atom stereocenters. The van der Waals surface area contributed by atoms with Crippen LogP contribution in [0.15, 0.2) is 48.5 Å². The van der Waals surface area contributed by atoms with Gasteiger partial charge in [-0.25, -0.2) is 9.59 Å². The van der Waals surface area contributed by atoms with Gasteiger partial charge < -0.3 is 14.8 Å². The minimum atomic E-state index is -0.612. The largest absolute Gasteiger partial charge is 0.462 e. The van der Waals surface area contributed by atoms with E-state index in [0.717, 1.165) is 5.56 Å². The molecule has 1 N–H and O–H groups in total. The Kier molecular flexibility index (Phi) is 3.78. The number of cyclic esters (lactones) is 1. The highest BCUT2D eigenvalue weighted by Crippen LogP contribution is 2.32. The molecule has 1 heterocycles. The van der Waals surface area contributed by atoms with Crippen LogP contribution in [0.5, 0.6) is 0 Å². The van der Waals surface area contributed by atoms with Crippen molar-refractivity contribution < 1.29 is 19.1 Å². The van der Waals surface area contributed by atoms with Crippen LogP contribution < -0.4 is 5.32 Å². The van der Waals surface area contributed by atoms with Crippen LogP contribution in [-0.2, 0) is 9.47 Å². The van der Waals surface area contributed by atoms with E-state index in [-0.39, 0.29) is 5.97 Å². The van der Waals surface area contributed by atoms with E-state index in [1.807, 2.05) is 12.1 Å². The Morgan fingerprint density at radius 3 is 2.73 bits per heavy atom. The highest BCUT2D eigenvalue weighted by molar-refractivity contribution is 5.97. The van der Waals surface area contributed by atoms with Crippen molar-refractivity contribution >= 4 is 17.6 Å². The molecule has 0 radical (unpaired) electrons. The number of carbonyl (C=O) groups excluding carboxylic acids is 2. The molecule has 0 aliphatic carbocycles. The lowest BCUT2D eigenvalue weighted by Crippen LogP contribution is -2.14. The summed E-state index contributed by atoms with van der Waals surface area (Å²) in [5, 5.41) is 3.09. The number of rotatable bonds is 4. The second-order valence-corrected chi connectivity index (χ2v) is 4.78. The molecule has 2 aromatic rings. The van der Waals surface area contributed by atoms with E-state index in [4.69, 9.17) is 9.47 Å². The summed E-state index contributed by atoms with van der Waals surface area (Å²) in [6, 6.07) is 14.1. The van der Waals surface area contributed by atoms with Gasteiger partial charge in [-0.05, 0) is 25.1 Å². The molecule has 0 aromatic heterocycles. The number of hydrogen-bond acceptors (Lipinski definition) is 5. The van der Waals surface area contributed by atoms with Gasteiger partial charge in [0, 0.05) is 5.56 Å². The monoisotopic (exact) mass is 297 g/mol. The summed E-state index contributed by atoms with van der Waals surface area (Å²) in [6.07, 6.45) is -0.612. The molecule has 5 heteroatoms. The van der Waals surface area contributed by atoms with Crippen LogP contribution in [0.3, 0.4) is 0 Å². The van der Waals surface area contributed by atoms with Crippen molar-refractivity contribution in [3.05, 3.63) is 65.2 Å². The molecule has 0 saturated heterocycles. The number of carbonyl (C=O) groups is 2. The fourth-order valence-corrected chi connectivity index (χ4v) is 2.39. The van der Waals surface area contributed by atoms with Crippen LogP contribution in [0.2, 0.25) is 0 Å². The molecule has 0 fully saturated rings. The zero-order chi connectivity index (χ0) is 15.5. The van der Waals surface area contributed by atoms with Gasteiger partial charge in [0.15, 0.2) is 0 Å². The predicted octanol–water partition coefficient (Wildman–Crippen LogP) is 3.14. The first-order valence-corrected chi connectivity index (χ1v) is 7.03. The molecule has 0 bridgehead atoms. The Balaban J connectivity index is 1.89. The molecule has 2 aromatic carbocycles. The molecule has 0 spiro atoms. The zero-order valence-corrected chi connectivity index (χ0v) is 12.0. The quantitative estimate of drug-likeness (QED) is 0.878. The van der Waals surface area contributed by atoms with Crippen LogP contribution >= 0.6 is 0 Å². The molecular weight excluding hydrogens is 282 g/mol. The first kappa shape index (κ1) is 14.1. The molecular formula is C17H15NO4. The second-order valence-electron chi connectivity index (χ2n) is 4.78. The van der Waals surface area contributed by atoms with Gasteiger partial charge in [-0.3, -0.25) is 0 Å². The SMILES string of the molecule is CCOC(=O)c1ccccc1N[C@H]1OC(=O)c2ccccc21. The minimum absolute atomic E-state index is 0.300. The molecule has 1 aliphatic heterocycles.